The first kappa shape index (κ1) is 30.9. The van der Waals surface area contributed by atoms with Gasteiger partial charge in [0.1, 0.15) is 11.5 Å². The number of methoxy groups -OCH3 is 2. The summed E-state index contributed by atoms with van der Waals surface area (Å²) in [6.45, 7) is 3.33. The minimum Gasteiger partial charge on any atom is -0.497 e. The quantitative estimate of drug-likeness (QED) is 0.122. The average Bonchev–Trinajstić information content (AvgIpc) is 2.92. The SMILES string of the molecule is CCCCCCCCCCCCCCC(C(=O)NO)C1CCCN(Cc2ccc(OC)cc2OC)C1=O. The van der Waals surface area contributed by atoms with Crippen LogP contribution in [-0.4, -0.2) is 42.7 Å². The predicted octanol–water partition coefficient (Wildman–Crippen LogP) is 6.66. The van der Waals surface area contributed by atoms with Crippen LogP contribution in [0.4, 0.5) is 0 Å². The van der Waals surface area contributed by atoms with Gasteiger partial charge < -0.3 is 14.4 Å². The molecule has 2 rings (SSSR count). The molecule has 2 unspecified atom stereocenters. The molecule has 0 aliphatic carbocycles. The van der Waals surface area contributed by atoms with Crippen molar-refractivity contribution in [3.8, 4) is 11.5 Å². The number of piperidine rings is 1. The maximum Gasteiger partial charge on any atom is 0.247 e. The summed E-state index contributed by atoms with van der Waals surface area (Å²) in [7, 11) is 3.21. The second-order valence-electron chi connectivity index (χ2n) is 10.4. The van der Waals surface area contributed by atoms with Crippen molar-refractivity contribution >= 4 is 11.8 Å². The number of rotatable bonds is 19. The Hall–Kier alpha value is -2.28. The highest BCUT2D eigenvalue weighted by molar-refractivity contribution is 5.87. The Morgan fingerprint density at radius 2 is 1.62 bits per heavy atom. The molecule has 1 fully saturated rings. The van der Waals surface area contributed by atoms with Gasteiger partial charge in [-0.1, -0.05) is 84.0 Å². The molecule has 1 aromatic rings. The van der Waals surface area contributed by atoms with Crippen molar-refractivity contribution in [2.75, 3.05) is 20.8 Å². The van der Waals surface area contributed by atoms with E-state index >= 15 is 0 Å². The van der Waals surface area contributed by atoms with E-state index in [1.54, 1.807) is 14.2 Å². The Labute approximate surface area is 224 Å². The Morgan fingerprint density at radius 3 is 2.19 bits per heavy atom. The van der Waals surface area contributed by atoms with Crippen LogP contribution in [0.3, 0.4) is 0 Å². The minimum atomic E-state index is -0.499. The number of carbonyl (C=O) groups excluding carboxylic acids is 2. The number of nitrogens with zero attached hydrogens (tertiary/aromatic N) is 1. The average molecular weight is 519 g/mol. The molecule has 1 aromatic carbocycles. The Balaban J connectivity index is 1.81. The summed E-state index contributed by atoms with van der Waals surface area (Å²) in [6, 6.07) is 5.59. The Kier molecular flexibility index (Phi) is 15.1. The molecule has 1 aliphatic rings. The van der Waals surface area contributed by atoms with Gasteiger partial charge in [-0.25, -0.2) is 5.48 Å². The van der Waals surface area contributed by atoms with Crippen molar-refractivity contribution in [1.82, 2.24) is 10.4 Å². The molecule has 1 aliphatic heterocycles. The second-order valence-corrected chi connectivity index (χ2v) is 10.4. The van der Waals surface area contributed by atoms with Gasteiger partial charge in [0.05, 0.1) is 20.1 Å². The zero-order valence-corrected chi connectivity index (χ0v) is 23.4. The van der Waals surface area contributed by atoms with Gasteiger partial charge in [-0.3, -0.25) is 14.8 Å². The summed E-state index contributed by atoms with van der Waals surface area (Å²) in [5.74, 6) is 0.0157. The number of ether oxygens (including phenoxy) is 2. The van der Waals surface area contributed by atoms with Gasteiger partial charge in [-0.05, 0) is 31.4 Å². The van der Waals surface area contributed by atoms with E-state index in [-0.39, 0.29) is 5.91 Å². The van der Waals surface area contributed by atoms with Crippen molar-refractivity contribution in [2.45, 2.75) is 110 Å². The van der Waals surface area contributed by atoms with Crippen LogP contribution in [0.2, 0.25) is 0 Å². The number of likely N-dealkylation sites (tertiary alicyclic amines) is 1. The first-order valence-corrected chi connectivity index (χ1v) is 14.5. The molecule has 210 valence electrons. The number of hydroxylamine groups is 1. The molecule has 1 heterocycles. The van der Waals surface area contributed by atoms with Crippen LogP contribution in [-0.2, 0) is 16.1 Å². The summed E-state index contributed by atoms with van der Waals surface area (Å²) in [4.78, 5) is 27.8. The molecule has 7 heteroatoms. The van der Waals surface area contributed by atoms with E-state index in [1.807, 2.05) is 28.6 Å². The van der Waals surface area contributed by atoms with Crippen LogP contribution in [0.5, 0.6) is 11.5 Å². The monoisotopic (exact) mass is 518 g/mol. The van der Waals surface area contributed by atoms with Gasteiger partial charge in [-0.15, -0.1) is 0 Å². The Bertz CT molecular complexity index is 800. The zero-order valence-electron chi connectivity index (χ0n) is 23.4. The summed E-state index contributed by atoms with van der Waals surface area (Å²) in [5, 5.41) is 9.38. The third kappa shape index (κ3) is 10.5. The minimum absolute atomic E-state index is 0.0170. The van der Waals surface area contributed by atoms with Crippen molar-refractivity contribution < 1.29 is 24.3 Å². The number of carbonyl (C=O) groups is 2. The lowest BCUT2D eigenvalue weighted by atomic mass is 9.81. The normalized spacial score (nSPS) is 16.5. The van der Waals surface area contributed by atoms with Crippen LogP contribution in [0, 0.1) is 11.8 Å². The Morgan fingerprint density at radius 1 is 1.00 bits per heavy atom. The zero-order chi connectivity index (χ0) is 26.9. The van der Waals surface area contributed by atoms with E-state index in [4.69, 9.17) is 9.47 Å². The molecule has 0 spiro atoms. The van der Waals surface area contributed by atoms with Crippen molar-refractivity contribution in [1.29, 1.82) is 0 Å². The molecule has 0 aromatic heterocycles. The van der Waals surface area contributed by atoms with Gasteiger partial charge in [-0.2, -0.15) is 0 Å². The van der Waals surface area contributed by atoms with E-state index in [0.29, 0.717) is 37.4 Å². The maximum absolute atomic E-state index is 13.4. The lowest BCUT2D eigenvalue weighted by Gasteiger charge is -2.36. The molecule has 0 bridgehead atoms. The predicted molar refractivity (Wildman–Crippen MR) is 147 cm³/mol. The fourth-order valence-corrected chi connectivity index (χ4v) is 5.49. The lowest BCUT2D eigenvalue weighted by molar-refractivity contribution is -0.148. The highest BCUT2D eigenvalue weighted by Crippen LogP contribution is 2.32. The number of nitrogens with one attached hydrogen (secondary N) is 1. The van der Waals surface area contributed by atoms with Crippen LogP contribution in [0.15, 0.2) is 18.2 Å². The molecule has 2 amide bonds. The van der Waals surface area contributed by atoms with Crippen LogP contribution >= 0.6 is 0 Å². The van der Waals surface area contributed by atoms with Crippen molar-refractivity contribution in [2.24, 2.45) is 11.8 Å². The maximum atomic E-state index is 13.4. The summed E-state index contributed by atoms with van der Waals surface area (Å²) in [6.07, 6.45) is 17.1. The van der Waals surface area contributed by atoms with Crippen LogP contribution in [0.1, 0.15) is 109 Å². The summed E-state index contributed by atoms with van der Waals surface area (Å²) < 4.78 is 10.8. The van der Waals surface area contributed by atoms with E-state index in [9.17, 15) is 14.8 Å². The number of hydrogen-bond acceptors (Lipinski definition) is 5. The third-order valence-corrected chi connectivity index (χ3v) is 7.73. The molecular formula is C30H50N2O5. The van der Waals surface area contributed by atoms with Gasteiger partial charge in [0.25, 0.3) is 0 Å². The molecule has 0 radical (unpaired) electrons. The standard InChI is InChI=1S/C30H50N2O5/c1-4-5-6-7-8-9-10-11-12-13-14-15-17-26(29(33)31-35)27-18-16-21-32(30(27)34)23-24-19-20-25(36-2)22-28(24)37-3/h19-20,22,26-27,35H,4-18,21,23H2,1-3H3,(H,31,33). The topological polar surface area (TPSA) is 88.1 Å². The first-order valence-electron chi connectivity index (χ1n) is 14.5. The highest BCUT2D eigenvalue weighted by atomic mass is 16.5. The summed E-state index contributed by atoms with van der Waals surface area (Å²) in [5.41, 5.74) is 2.73. The highest BCUT2D eigenvalue weighted by Gasteiger charge is 2.38. The largest absolute Gasteiger partial charge is 0.497 e. The number of unbranched alkanes of at least 4 members (excludes halogenated alkanes) is 11. The van der Waals surface area contributed by atoms with Gasteiger partial charge in [0.15, 0.2) is 0 Å². The molecule has 1 saturated heterocycles. The smallest absolute Gasteiger partial charge is 0.247 e. The van der Waals surface area contributed by atoms with Crippen molar-refractivity contribution in [3.63, 3.8) is 0 Å². The van der Waals surface area contributed by atoms with Crippen molar-refractivity contribution in [3.05, 3.63) is 23.8 Å². The van der Waals surface area contributed by atoms with Crippen LogP contribution in [0.25, 0.3) is 0 Å². The van der Waals surface area contributed by atoms with E-state index < -0.39 is 17.7 Å². The number of amides is 2. The van der Waals surface area contributed by atoms with E-state index in [2.05, 4.69) is 6.92 Å². The second kappa shape index (κ2) is 18.1. The molecule has 0 saturated carbocycles. The molecule has 7 nitrogen and oxygen atoms in total. The van der Waals surface area contributed by atoms with Crippen LogP contribution < -0.4 is 15.0 Å². The number of benzene rings is 1. The molecule has 2 N–H and O–H groups in total. The molecule has 37 heavy (non-hydrogen) atoms. The fraction of sp³-hybridized carbons (Fsp3) is 0.733. The lowest BCUT2D eigenvalue weighted by Crippen LogP contribution is -2.47. The van der Waals surface area contributed by atoms with Gasteiger partial charge in [0.2, 0.25) is 11.8 Å². The van der Waals surface area contributed by atoms with Gasteiger partial charge >= 0.3 is 0 Å². The third-order valence-electron chi connectivity index (χ3n) is 7.73. The first-order chi connectivity index (χ1) is 18.0. The number of hydrogen-bond donors (Lipinski definition) is 2. The molecule has 2 atom stereocenters. The molecular weight excluding hydrogens is 468 g/mol. The fourth-order valence-electron chi connectivity index (χ4n) is 5.49. The van der Waals surface area contributed by atoms with E-state index in [0.717, 1.165) is 31.2 Å². The summed E-state index contributed by atoms with van der Waals surface area (Å²) >= 11 is 0. The van der Waals surface area contributed by atoms with Gasteiger partial charge in [0, 0.05) is 30.6 Å². The van der Waals surface area contributed by atoms with E-state index in [1.165, 1.54) is 57.8 Å².